The van der Waals surface area contributed by atoms with Crippen molar-refractivity contribution in [2.75, 3.05) is 7.11 Å². The van der Waals surface area contributed by atoms with E-state index in [2.05, 4.69) is 10.1 Å². The molecule has 0 saturated carbocycles. The number of alkyl halides is 3. The summed E-state index contributed by atoms with van der Waals surface area (Å²) in [4.78, 5) is 23.6. The Hall–Kier alpha value is -2.31. The van der Waals surface area contributed by atoms with E-state index >= 15 is 0 Å². The minimum Gasteiger partial charge on any atom is -0.466 e. The number of allylic oxidation sites excluding steroid dienone is 1. The molecule has 7 heteroatoms. The van der Waals surface area contributed by atoms with Gasteiger partial charge in [0.05, 0.1) is 18.2 Å². The van der Waals surface area contributed by atoms with Gasteiger partial charge in [0.2, 0.25) is 5.91 Å². The molecular formula is C15H14F3NO3. The molecule has 22 heavy (non-hydrogen) atoms. The fourth-order valence-corrected chi connectivity index (χ4v) is 2.61. The lowest BCUT2D eigenvalue weighted by Gasteiger charge is -2.28. The second-order valence-electron chi connectivity index (χ2n) is 4.92. The summed E-state index contributed by atoms with van der Waals surface area (Å²) in [6.45, 7) is 1.46. The lowest BCUT2D eigenvalue weighted by Crippen LogP contribution is -2.34. The number of hydrogen-bond acceptors (Lipinski definition) is 3. The lowest BCUT2D eigenvalue weighted by molar-refractivity contribution is -0.140. The van der Waals surface area contributed by atoms with Crippen LogP contribution in [0, 0.1) is 0 Å². The predicted octanol–water partition coefficient (Wildman–Crippen LogP) is 2.76. The third-order valence-electron chi connectivity index (χ3n) is 3.52. The topological polar surface area (TPSA) is 55.4 Å². The van der Waals surface area contributed by atoms with Gasteiger partial charge in [0.1, 0.15) is 0 Å². The zero-order valence-electron chi connectivity index (χ0n) is 12.0. The van der Waals surface area contributed by atoms with Crippen LogP contribution in [0.4, 0.5) is 13.2 Å². The Balaban J connectivity index is 2.62. The van der Waals surface area contributed by atoms with Crippen molar-refractivity contribution in [2.24, 2.45) is 0 Å². The van der Waals surface area contributed by atoms with Crippen LogP contribution in [0.3, 0.4) is 0 Å². The SMILES string of the molecule is COC(=O)C1=C(C)NC(=O)C[C@H]1c1ccccc1C(F)(F)F. The zero-order chi connectivity index (χ0) is 16.5. The van der Waals surface area contributed by atoms with Gasteiger partial charge >= 0.3 is 12.1 Å². The van der Waals surface area contributed by atoms with E-state index in [0.29, 0.717) is 0 Å². The Labute approximate surface area is 125 Å². The maximum absolute atomic E-state index is 13.2. The molecule has 1 N–H and O–H groups in total. The van der Waals surface area contributed by atoms with Crippen molar-refractivity contribution in [1.82, 2.24) is 5.32 Å². The van der Waals surface area contributed by atoms with Gasteiger partial charge in [0.25, 0.3) is 0 Å². The number of ether oxygens (including phenoxy) is 1. The molecule has 0 spiro atoms. The number of amides is 1. The molecule has 1 amide bonds. The molecule has 1 heterocycles. The van der Waals surface area contributed by atoms with Crippen molar-refractivity contribution in [3.05, 3.63) is 46.7 Å². The summed E-state index contributed by atoms with van der Waals surface area (Å²) in [5.41, 5.74) is -0.711. The quantitative estimate of drug-likeness (QED) is 0.854. The number of esters is 1. The molecule has 2 rings (SSSR count). The van der Waals surface area contributed by atoms with Crippen LogP contribution in [0.2, 0.25) is 0 Å². The molecule has 4 nitrogen and oxygen atoms in total. The van der Waals surface area contributed by atoms with Crippen LogP contribution < -0.4 is 5.32 Å². The van der Waals surface area contributed by atoms with Gasteiger partial charge in [0, 0.05) is 18.0 Å². The van der Waals surface area contributed by atoms with E-state index in [1.54, 1.807) is 0 Å². The van der Waals surface area contributed by atoms with Crippen LogP contribution in [0.5, 0.6) is 0 Å². The molecule has 0 aliphatic carbocycles. The van der Waals surface area contributed by atoms with Crippen molar-refractivity contribution < 1.29 is 27.5 Å². The molecule has 0 fully saturated rings. The van der Waals surface area contributed by atoms with E-state index in [0.717, 1.165) is 13.2 Å². The van der Waals surface area contributed by atoms with Crippen molar-refractivity contribution in [2.45, 2.75) is 25.4 Å². The summed E-state index contributed by atoms with van der Waals surface area (Å²) in [5, 5.41) is 2.46. The van der Waals surface area contributed by atoms with Crippen LogP contribution in [0.25, 0.3) is 0 Å². The van der Waals surface area contributed by atoms with Crippen LogP contribution in [0.1, 0.15) is 30.4 Å². The molecular weight excluding hydrogens is 299 g/mol. The predicted molar refractivity (Wildman–Crippen MR) is 71.7 cm³/mol. The molecule has 0 unspecified atom stereocenters. The number of benzene rings is 1. The Morgan fingerprint density at radius 2 is 1.95 bits per heavy atom. The molecule has 1 aromatic rings. The first-order valence-electron chi connectivity index (χ1n) is 6.50. The second kappa shape index (κ2) is 5.82. The van der Waals surface area contributed by atoms with E-state index in [1.165, 1.54) is 25.1 Å². The minimum atomic E-state index is -4.57. The van der Waals surface area contributed by atoms with Crippen LogP contribution in [0.15, 0.2) is 35.5 Å². The Kier molecular flexibility index (Phi) is 4.25. The fraction of sp³-hybridized carbons (Fsp3) is 0.333. The average molecular weight is 313 g/mol. The number of rotatable bonds is 2. The number of carbonyl (C=O) groups is 2. The van der Waals surface area contributed by atoms with E-state index in [4.69, 9.17) is 0 Å². The minimum absolute atomic E-state index is 0.0406. The summed E-state index contributed by atoms with van der Waals surface area (Å²) in [7, 11) is 1.14. The fourth-order valence-electron chi connectivity index (χ4n) is 2.61. The summed E-state index contributed by atoms with van der Waals surface area (Å²) < 4.78 is 44.2. The maximum Gasteiger partial charge on any atom is 0.416 e. The van der Waals surface area contributed by atoms with Crippen molar-refractivity contribution in [3.63, 3.8) is 0 Å². The summed E-state index contributed by atoms with van der Waals surface area (Å²) >= 11 is 0. The van der Waals surface area contributed by atoms with E-state index in [1.807, 2.05) is 0 Å². The second-order valence-corrected chi connectivity index (χ2v) is 4.92. The Morgan fingerprint density at radius 3 is 2.55 bits per heavy atom. The largest absolute Gasteiger partial charge is 0.466 e. The molecule has 0 saturated heterocycles. The monoisotopic (exact) mass is 313 g/mol. The number of nitrogens with one attached hydrogen (secondary N) is 1. The molecule has 0 bridgehead atoms. The highest BCUT2D eigenvalue weighted by Gasteiger charge is 2.39. The van der Waals surface area contributed by atoms with Gasteiger partial charge in [-0.15, -0.1) is 0 Å². The van der Waals surface area contributed by atoms with Crippen LogP contribution in [-0.4, -0.2) is 19.0 Å². The van der Waals surface area contributed by atoms with E-state index in [9.17, 15) is 22.8 Å². The maximum atomic E-state index is 13.2. The number of hydrogen-bond donors (Lipinski definition) is 1. The van der Waals surface area contributed by atoms with Crippen molar-refractivity contribution in [3.8, 4) is 0 Å². The van der Waals surface area contributed by atoms with Crippen LogP contribution >= 0.6 is 0 Å². The zero-order valence-corrected chi connectivity index (χ0v) is 12.0. The van der Waals surface area contributed by atoms with Crippen molar-refractivity contribution >= 4 is 11.9 Å². The van der Waals surface area contributed by atoms with Crippen LogP contribution in [-0.2, 0) is 20.5 Å². The molecule has 1 aromatic carbocycles. The molecule has 118 valence electrons. The standard InChI is InChI=1S/C15H14F3NO3/c1-8-13(14(21)22-2)10(7-12(20)19-8)9-5-3-4-6-11(9)15(16,17)18/h3-6,10H,7H2,1-2H3,(H,19,20)/t10-/m0/s1. The third-order valence-corrected chi connectivity index (χ3v) is 3.52. The summed E-state index contributed by atoms with van der Waals surface area (Å²) in [6, 6.07) is 4.93. The van der Waals surface area contributed by atoms with Crippen molar-refractivity contribution in [1.29, 1.82) is 0 Å². The number of halogens is 3. The highest BCUT2D eigenvalue weighted by molar-refractivity contribution is 5.95. The molecule has 1 atom stereocenters. The van der Waals surface area contributed by atoms with Gasteiger partial charge in [-0.05, 0) is 18.6 Å². The number of carbonyl (C=O) groups excluding carboxylic acids is 2. The highest BCUT2D eigenvalue weighted by Crippen LogP contribution is 2.40. The Morgan fingerprint density at radius 1 is 1.32 bits per heavy atom. The lowest BCUT2D eigenvalue weighted by atomic mass is 9.82. The first kappa shape index (κ1) is 16.1. The third kappa shape index (κ3) is 2.98. The van der Waals surface area contributed by atoms with E-state index < -0.39 is 29.5 Å². The first-order valence-corrected chi connectivity index (χ1v) is 6.50. The first-order chi connectivity index (χ1) is 10.3. The van der Waals surface area contributed by atoms with E-state index in [-0.39, 0.29) is 23.3 Å². The molecule has 1 aliphatic heterocycles. The smallest absolute Gasteiger partial charge is 0.416 e. The highest BCUT2D eigenvalue weighted by atomic mass is 19.4. The van der Waals surface area contributed by atoms with Gasteiger partial charge in [-0.25, -0.2) is 4.79 Å². The molecule has 0 radical (unpaired) electrons. The van der Waals surface area contributed by atoms with Gasteiger partial charge in [-0.1, -0.05) is 18.2 Å². The van der Waals surface area contributed by atoms with Gasteiger partial charge in [-0.3, -0.25) is 4.79 Å². The van der Waals surface area contributed by atoms with Gasteiger partial charge in [0.15, 0.2) is 0 Å². The number of methoxy groups -OCH3 is 1. The molecule has 1 aliphatic rings. The van der Waals surface area contributed by atoms with Gasteiger partial charge in [-0.2, -0.15) is 13.2 Å². The summed E-state index contributed by atoms with van der Waals surface area (Å²) in [6.07, 6.45) is -4.81. The Bertz CT molecular complexity index is 650. The molecule has 0 aromatic heterocycles. The average Bonchev–Trinajstić information content (AvgIpc) is 2.45. The normalized spacial score (nSPS) is 19.0. The van der Waals surface area contributed by atoms with Gasteiger partial charge < -0.3 is 10.1 Å². The summed E-state index contributed by atoms with van der Waals surface area (Å²) in [5.74, 6) is -2.18.